The number of nitrogens with zero attached hydrogens (tertiary/aromatic N) is 2. The average Bonchev–Trinajstić information content (AvgIpc) is 2.41. The summed E-state index contributed by atoms with van der Waals surface area (Å²) in [5, 5.41) is 9.04. The second-order valence-corrected chi connectivity index (χ2v) is 5.32. The molecular formula is C15H13BrN2O. The number of nitriles is 1. The summed E-state index contributed by atoms with van der Waals surface area (Å²) in [6, 6.07) is 11.3. The Morgan fingerprint density at radius 2 is 2.11 bits per heavy atom. The Kier molecular flexibility index (Phi) is 4.18. The fourth-order valence-electron chi connectivity index (χ4n) is 1.72. The summed E-state index contributed by atoms with van der Waals surface area (Å²) in [5.74, 6) is 1.39. The highest BCUT2D eigenvalue weighted by atomic mass is 79.9. The predicted octanol–water partition coefficient (Wildman–Crippen LogP) is 4.63. The molecule has 0 N–H and O–H groups in total. The van der Waals surface area contributed by atoms with Crippen molar-refractivity contribution in [2.45, 2.75) is 19.8 Å². The molecule has 0 saturated carbocycles. The normalized spacial score (nSPS) is 10.3. The van der Waals surface area contributed by atoms with Crippen LogP contribution < -0.4 is 4.74 Å². The minimum atomic E-state index is 0.321. The van der Waals surface area contributed by atoms with Gasteiger partial charge in [0.25, 0.3) is 0 Å². The van der Waals surface area contributed by atoms with Crippen molar-refractivity contribution in [1.29, 1.82) is 5.26 Å². The van der Waals surface area contributed by atoms with E-state index < -0.39 is 0 Å². The molecule has 1 heterocycles. The molecule has 2 rings (SSSR count). The first-order chi connectivity index (χ1) is 9.11. The predicted molar refractivity (Wildman–Crippen MR) is 77.3 cm³/mol. The number of benzene rings is 1. The van der Waals surface area contributed by atoms with Crippen molar-refractivity contribution in [3.05, 3.63) is 52.1 Å². The first-order valence-electron chi connectivity index (χ1n) is 5.94. The number of hydrogen-bond donors (Lipinski definition) is 0. The number of ether oxygens (including phenoxy) is 1. The maximum atomic E-state index is 9.04. The van der Waals surface area contributed by atoms with Gasteiger partial charge in [-0.1, -0.05) is 29.8 Å². The Morgan fingerprint density at radius 3 is 2.79 bits per heavy atom. The highest BCUT2D eigenvalue weighted by Crippen LogP contribution is 2.33. The Bertz CT molecular complexity index is 632. The molecule has 2 aromatic rings. The standard InChI is InChI=1S/C15H13BrN2O/c1-10(2)13-8-12(16)5-6-14(13)19-15-11(9-17)4-3-7-18-15/h3-8,10H,1-2H3. The van der Waals surface area contributed by atoms with E-state index in [-0.39, 0.29) is 0 Å². The minimum Gasteiger partial charge on any atom is -0.437 e. The van der Waals surface area contributed by atoms with Crippen LogP contribution in [-0.2, 0) is 0 Å². The van der Waals surface area contributed by atoms with Crippen molar-refractivity contribution in [3.63, 3.8) is 0 Å². The van der Waals surface area contributed by atoms with E-state index in [0.29, 0.717) is 17.4 Å². The SMILES string of the molecule is CC(C)c1cc(Br)ccc1Oc1ncccc1C#N. The van der Waals surface area contributed by atoms with Crippen molar-refractivity contribution in [2.75, 3.05) is 0 Å². The van der Waals surface area contributed by atoms with Gasteiger partial charge in [-0.3, -0.25) is 0 Å². The largest absolute Gasteiger partial charge is 0.437 e. The summed E-state index contributed by atoms with van der Waals surface area (Å²) in [6.07, 6.45) is 1.62. The van der Waals surface area contributed by atoms with Crippen LogP contribution in [-0.4, -0.2) is 4.98 Å². The molecule has 1 aromatic carbocycles. The third kappa shape index (κ3) is 3.12. The molecule has 0 amide bonds. The van der Waals surface area contributed by atoms with E-state index in [1.54, 1.807) is 18.3 Å². The summed E-state index contributed by atoms with van der Waals surface area (Å²) in [4.78, 5) is 4.11. The molecule has 19 heavy (non-hydrogen) atoms. The van der Waals surface area contributed by atoms with Gasteiger partial charge in [0, 0.05) is 10.7 Å². The Balaban J connectivity index is 2.41. The zero-order chi connectivity index (χ0) is 13.8. The van der Waals surface area contributed by atoms with Gasteiger partial charge < -0.3 is 4.74 Å². The molecule has 0 atom stereocenters. The lowest BCUT2D eigenvalue weighted by molar-refractivity contribution is 0.452. The summed E-state index contributed by atoms with van der Waals surface area (Å²) < 4.78 is 6.80. The van der Waals surface area contributed by atoms with E-state index in [9.17, 15) is 0 Å². The van der Waals surface area contributed by atoms with Gasteiger partial charge in [0.2, 0.25) is 5.88 Å². The van der Waals surface area contributed by atoms with E-state index >= 15 is 0 Å². The van der Waals surface area contributed by atoms with Crippen LogP contribution in [0, 0.1) is 11.3 Å². The maximum absolute atomic E-state index is 9.04. The molecule has 0 bridgehead atoms. The van der Waals surface area contributed by atoms with Crippen LogP contribution in [0.3, 0.4) is 0 Å². The molecule has 0 unspecified atom stereocenters. The van der Waals surface area contributed by atoms with Crippen LogP contribution in [0.1, 0.15) is 30.9 Å². The first kappa shape index (κ1) is 13.6. The van der Waals surface area contributed by atoms with Gasteiger partial charge in [-0.2, -0.15) is 5.26 Å². The van der Waals surface area contributed by atoms with Crippen molar-refractivity contribution in [2.24, 2.45) is 0 Å². The number of rotatable bonds is 3. The fraction of sp³-hybridized carbons (Fsp3) is 0.200. The van der Waals surface area contributed by atoms with E-state index in [1.165, 1.54) is 0 Å². The van der Waals surface area contributed by atoms with Crippen LogP contribution in [0.15, 0.2) is 41.0 Å². The first-order valence-corrected chi connectivity index (χ1v) is 6.73. The molecule has 96 valence electrons. The minimum absolute atomic E-state index is 0.321. The molecule has 1 aromatic heterocycles. The molecule has 0 radical (unpaired) electrons. The van der Waals surface area contributed by atoms with Gasteiger partial charge in [-0.15, -0.1) is 0 Å². The van der Waals surface area contributed by atoms with Gasteiger partial charge >= 0.3 is 0 Å². The van der Waals surface area contributed by atoms with Gasteiger partial charge in [0.15, 0.2) is 0 Å². The van der Waals surface area contributed by atoms with Crippen molar-refractivity contribution >= 4 is 15.9 Å². The molecular weight excluding hydrogens is 304 g/mol. The molecule has 0 spiro atoms. The van der Waals surface area contributed by atoms with Crippen molar-refractivity contribution in [3.8, 4) is 17.7 Å². The third-order valence-corrected chi connectivity index (χ3v) is 3.19. The molecule has 3 nitrogen and oxygen atoms in total. The molecule has 0 saturated heterocycles. The van der Waals surface area contributed by atoms with Crippen LogP contribution in [0.5, 0.6) is 11.6 Å². The van der Waals surface area contributed by atoms with Crippen LogP contribution in [0.4, 0.5) is 0 Å². The zero-order valence-corrected chi connectivity index (χ0v) is 12.3. The van der Waals surface area contributed by atoms with E-state index in [2.05, 4.69) is 40.8 Å². The highest BCUT2D eigenvalue weighted by Gasteiger charge is 2.12. The number of hydrogen-bond acceptors (Lipinski definition) is 3. The highest BCUT2D eigenvalue weighted by molar-refractivity contribution is 9.10. The summed E-state index contributed by atoms with van der Waals surface area (Å²) in [5.41, 5.74) is 1.50. The molecule has 0 aliphatic heterocycles. The maximum Gasteiger partial charge on any atom is 0.237 e. The van der Waals surface area contributed by atoms with E-state index in [0.717, 1.165) is 15.8 Å². The van der Waals surface area contributed by atoms with Crippen molar-refractivity contribution in [1.82, 2.24) is 4.98 Å². The monoisotopic (exact) mass is 316 g/mol. The van der Waals surface area contributed by atoms with Gasteiger partial charge in [-0.05, 0) is 41.8 Å². The lowest BCUT2D eigenvalue weighted by Crippen LogP contribution is -1.97. The lowest BCUT2D eigenvalue weighted by atomic mass is 10.0. The van der Waals surface area contributed by atoms with E-state index in [4.69, 9.17) is 10.00 Å². The Labute approximate surface area is 121 Å². The zero-order valence-electron chi connectivity index (χ0n) is 10.7. The Hall–Kier alpha value is -1.86. The number of aromatic nitrogens is 1. The fourth-order valence-corrected chi connectivity index (χ4v) is 2.10. The Morgan fingerprint density at radius 1 is 1.32 bits per heavy atom. The van der Waals surface area contributed by atoms with Gasteiger partial charge in [0.1, 0.15) is 17.4 Å². The molecule has 0 fully saturated rings. The second kappa shape index (κ2) is 5.85. The summed E-state index contributed by atoms with van der Waals surface area (Å²) in [6.45, 7) is 4.19. The molecule has 0 aliphatic carbocycles. The number of halogens is 1. The lowest BCUT2D eigenvalue weighted by Gasteiger charge is -2.14. The third-order valence-electron chi connectivity index (χ3n) is 2.69. The average molecular weight is 317 g/mol. The topological polar surface area (TPSA) is 45.9 Å². The van der Waals surface area contributed by atoms with Crippen LogP contribution >= 0.6 is 15.9 Å². The van der Waals surface area contributed by atoms with Gasteiger partial charge in [0.05, 0.1) is 0 Å². The van der Waals surface area contributed by atoms with E-state index in [1.807, 2.05) is 18.2 Å². The molecule has 4 heteroatoms. The van der Waals surface area contributed by atoms with Crippen LogP contribution in [0.2, 0.25) is 0 Å². The second-order valence-electron chi connectivity index (χ2n) is 4.41. The number of pyridine rings is 1. The quantitative estimate of drug-likeness (QED) is 0.829. The van der Waals surface area contributed by atoms with Crippen LogP contribution in [0.25, 0.3) is 0 Å². The summed E-state index contributed by atoms with van der Waals surface area (Å²) in [7, 11) is 0. The van der Waals surface area contributed by atoms with Gasteiger partial charge in [-0.25, -0.2) is 4.98 Å². The molecule has 0 aliphatic rings. The smallest absolute Gasteiger partial charge is 0.237 e. The van der Waals surface area contributed by atoms with Crippen molar-refractivity contribution < 1.29 is 4.74 Å². The summed E-state index contributed by atoms with van der Waals surface area (Å²) >= 11 is 3.45.